The summed E-state index contributed by atoms with van der Waals surface area (Å²) in [6.07, 6.45) is 1.71. The highest BCUT2D eigenvalue weighted by Gasteiger charge is 2.13. The summed E-state index contributed by atoms with van der Waals surface area (Å²) < 4.78 is 6.60. The number of nitrogens with zero attached hydrogens (tertiary/aromatic N) is 1. The summed E-state index contributed by atoms with van der Waals surface area (Å²) in [5.74, 6) is -0.362. The molecule has 42 heavy (non-hydrogen) atoms. The highest BCUT2D eigenvalue weighted by Crippen LogP contribution is 2.09. The molecule has 0 unspecified atom stereocenters. The number of rotatable bonds is 11. The SMILES string of the molecule is Cc1ccccc1CCNn1ccc(C)c(CC(=O)NCc2ccc(C(=N)NC(=O)OCc3ccccc3)cc2)c1=O. The highest BCUT2D eigenvalue weighted by atomic mass is 16.5. The van der Waals surface area contributed by atoms with E-state index in [0.29, 0.717) is 17.7 Å². The van der Waals surface area contributed by atoms with Gasteiger partial charge in [0, 0.05) is 30.4 Å². The Kier molecular flexibility index (Phi) is 10.3. The number of amidine groups is 1. The normalized spacial score (nSPS) is 10.5. The van der Waals surface area contributed by atoms with Crippen molar-refractivity contribution in [2.24, 2.45) is 0 Å². The molecule has 4 aromatic rings. The third-order valence-electron chi connectivity index (χ3n) is 6.87. The number of benzene rings is 3. The van der Waals surface area contributed by atoms with Crippen LogP contribution in [-0.2, 0) is 35.5 Å². The zero-order valence-electron chi connectivity index (χ0n) is 23.8. The van der Waals surface area contributed by atoms with Gasteiger partial charge in [-0.25, -0.2) is 9.47 Å². The topological polar surface area (TPSA) is 125 Å². The van der Waals surface area contributed by atoms with Crippen molar-refractivity contribution in [3.05, 3.63) is 140 Å². The van der Waals surface area contributed by atoms with Gasteiger partial charge in [0.2, 0.25) is 5.91 Å². The molecule has 0 saturated carbocycles. The molecular formula is C33H35N5O4. The van der Waals surface area contributed by atoms with Gasteiger partial charge in [0.15, 0.2) is 0 Å². The lowest BCUT2D eigenvalue weighted by Crippen LogP contribution is -2.35. The number of nitrogens with one attached hydrogen (secondary N) is 4. The van der Waals surface area contributed by atoms with E-state index in [-0.39, 0.29) is 36.9 Å². The molecule has 0 radical (unpaired) electrons. The molecule has 0 aliphatic carbocycles. The van der Waals surface area contributed by atoms with Crippen LogP contribution in [0.1, 0.15) is 38.9 Å². The first-order chi connectivity index (χ1) is 20.3. The molecule has 0 spiro atoms. The van der Waals surface area contributed by atoms with Crippen molar-refractivity contribution in [2.75, 3.05) is 12.0 Å². The summed E-state index contributed by atoms with van der Waals surface area (Å²) in [5, 5.41) is 13.4. The van der Waals surface area contributed by atoms with Crippen LogP contribution in [0.5, 0.6) is 0 Å². The second kappa shape index (κ2) is 14.5. The fourth-order valence-corrected chi connectivity index (χ4v) is 4.36. The monoisotopic (exact) mass is 565 g/mol. The molecule has 4 rings (SSSR count). The van der Waals surface area contributed by atoms with Gasteiger partial charge in [0.25, 0.3) is 5.56 Å². The standard InChI is InChI=1S/C33H35N5O4/c1-23-8-6-7-11-27(23)16-18-36-38-19-17-24(2)29(32(38)40)20-30(39)35-21-25-12-14-28(15-13-25)31(34)37-33(41)42-22-26-9-4-3-5-10-26/h3-15,17,19,36H,16,18,20-22H2,1-2H3,(H,35,39)(H2,34,37,41). The quantitative estimate of drug-likeness (QED) is 0.159. The highest BCUT2D eigenvalue weighted by molar-refractivity contribution is 6.04. The smallest absolute Gasteiger partial charge is 0.413 e. The van der Waals surface area contributed by atoms with Gasteiger partial charge in [0.1, 0.15) is 12.4 Å². The van der Waals surface area contributed by atoms with Crippen molar-refractivity contribution in [1.29, 1.82) is 5.41 Å². The Labute approximate surface area is 245 Å². The maximum absolute atomic E-state index is 13.1. The van der Waals surface area contributed by atoms with Crippen molar-refractivity contribution in [3.63, 3.8) is 0 Å². The maximum atomic E-state index is 13.1. The van der Waals surface area contributed by atoms with Gasteiger partial charge in [-0.2, -0.15) is 0 Å². The molecule has 3 aromatic carbocycles. The second-order valence-electron chi connectivity index (χ2n) is 9.95. The van der Waals surface area contributed by atoms with Crippen LogP contribution in [0.2, 0.25) is 0 Å². The second-order valence-corrected chi connectivity index (χ2v) is 9.95. The largest absolute Gasteiger partial charge is 0.444 e. The fourth-order valence-electron chi connectivity index (χ4n) is 4.36. The summed E-state index contributed by atoms with van der Waals surface area (Å²) in [4.78, 5) is 37.8. The predicted octanol–water partition coefficient (Wildman–Crippen LogP) is 4.36. The molecule has 0 aliphatic heterocycles. The predicted molar refractivity (Wildman–Crippen MR) is 163 cm³/mol. The van der Waals surface area contributed by atoms with Crippen LogP contribution in [0.25, 0.3) is 0 Å². The summed E-state index contributed by atoms with van der Waals surface area (Å²) in [5.41, 5.74) is 8.68. The zero-order valence-corrected chi connectivity index (χ0v) is 23.8. The summed E-state index contributed by atoms with van der Waals surface area (Å²) in [7, 11) is 0. The molecular weight excluding hydrogens is 530 g/mol. The van der Waals surface area contributed by atoms with Gasteiger partial charge in [-0.1, -0.05) is 78.9 Å². The minimum absolute atomic E-state index is 0.0390. The number of aromatic nitrogens is 1. The van der Waals surface area contributed by atoms with Crippen molar-refractivity contribution in [2.45, 2.75) is 39.8 Å². The van der Waals surface area contributed by atoms with E-state index in [2.05, 4.69) is 35.1 Å². The van der Waals surface area contributed by atoms with Crippen molar-refractivity contribution < 1.29 is 14.3 Å². The molecule has 1 aromatic heterocycles. The third-order valence-corrected chi connectivity index (χ3v) is 6.87. The van der Waals surface area contributed by atoms with Gasteiger partial charge in [-0.15, -0.1) is 0 Å². The van der Waals surface area contributed by atoms with Gasteiger partial charge >= 0.3 is 6.09 Å². The van der Waals surface area contributed by atoms with Gasteiger partial charge in [-0.3, -0.25) is 20.3 Å². The summed E-state index contributed by atoms with van der Waals surface area (Å²) in [6.45, 7) is 4.83. The Morgan fingerprint density at radius 3 is 2.31 bits per heavy atom. The Hall–Kier alpha value is -5.18. The van der Waals surface area contributed by atoms with Crippen LogP contribution in [0.3, 0.4) is 0 Å². The summed E-state index contributed by atoms with van der Waals surface area (Å²) in [6, 6.07) is 26.1. The van der Waals surface area contributed by atoms with Crippen LogP contribution in [-0.4, -0.2) is 29.1 Å². The molecule has 0 saturated heterocycles. The van der Waals surface area contributed by atoms with Gasteiger partial charge < -0.3 is 15.5 Å². The van der Waals surface area contributed by atoms with E-state index < -0.39 is 6.09 Å². The minimum Gasteiger partial charge on any atom is -0.444 e. The first kappa shape index (κ1) is 29.8. The van der Waals surface area contributed by atoms with E-state index in [4.69, 9.17) is 10.1 Å². The molecule has 1 heterocycles. The number of amides is 2. The lowest BCUT2D eigenvalue weighted by atomic mass is 10.1. The van der Waals surface area contributed by atoms with Crippen LogP contribution in [0.4, 0.5) is 4.79 Å². The van der Waals surface area contributed by atoms with E-state index in [0.717, 1.165) is 23.1 Å². The fraction of sp³-hybridized carbons (Fsp3) is 0.212. The third kappa shape index (κ3) is 8.41. The first-order valence-corrected chi connectivity index (χ1v) is 13.7. The van der Waals surface area contributed by atoms with Crippen LogP contribution in [0, 0.1) is 19.3 Å². The number of carbonyl (C=O) groups excluding carboxylic acids is 2. The molecule has 4 N–H and O–H groups in total. The lowest BCUT2D eigenvalue weighted by molar-refractivity contribution is -0.120. The lowest BCUT2D eigenvalue weighted by Gasteiger charge is -2.14. The molecule has 0 fully saturated rings. The van der Waals surface area contributed by atoms with Gasteiger partial charge in [0.05, 0.1) is 6.42 Å². The van der Waals surface area contributed by atoms with Crippen molar-refractivity contribution in [3.8, 4) is 0 Å². The molecule has 9 heteroatoms. The molecule has 0 bridgehead atoms. The number of hydrogen-bond donors (Lipinski definition) is 4. The summed E-state index contributed by atoms with van der Waals surface area (Å²) >= 11 is 0. The van der Waals surface area contributed by atoms with Crippen LogP contribution < -0.4 is 21.6 Å². The maximum Gasteiger partial charge on any atom is 0.413 e. The van der Waals surface area contributed by atoms with E-state index in [1.165, 1.54) is 15.8 Å². The number of carbonyl (C=O) groups is 2. The van der Waals surface area contributed by atoms with Gasteiger partial charge in [-0.05, 0) is 54.2 Å². The molecule has 0 atom stereocenters. The Balaban J connectivity index is 1.25. The number of alkyl carbamates (subject to hydrolysis) is 1. The molecule has 9 nitrogen and oxygen atoms in total. The molecule has 0 aliphatic rings. The number of pyridine rings is 1. The van der Waals surface area contributed by atoms with E-state index >= 15 is 0 Å². The van der Waals surface area contributed by atoms with Crippen molar-refractivity contribution in [1.82, 2.24) is 15.3 Å². The van der Waals surface area contributed by atoms with E-state index in [1.807, 2.05) is 55.5 Å². The minimum atomic E-state index is -0.711. The first-order valence-electron chi connectivity index (χ1n) is 13.7. The van der Waals surface area contributed by atoms with Crippen LogP contribution >= 0.6 is 0 Å². The Morgan fingerprint density at radius 2 is 1.57 bits per heavy atom. The Bertz CT molecular complexity index is 1600. The van der Waals surface area contributed by atoms with Crippen molar-refractivity contribution >= 4 is 17.8 Å². The molecule has 216 valence electrons. The Morgan fingerprint density at radius 1 is 0.857 bits per heavy atom. The molecule has 2 amide bonds. The number of hydrogen-bond acceptors (Lipinski definition) is 6. The zero-order chi connectivity index (χ0) is 29.9. The average molecular weight is 566 g/mol. The van der Waals surface area contributed by atoms with E-state index in [1.54, 1.807) is 30.5 Å². The van der Waals surface area contributed by atoms with E-state index in [9.17, 15) is 14.4 Å². The number of aryl methyl sites for hydroxylation is 2. The van der Waals surface area contributed by atoms with Crippen LogP contribution in [0.15, 0.2) is 95.9 Å². The average Bonchev–Trinajstić information content (AvgIpc) is 3.00. The number of ether oxygens (including phenoxy) is 1.